The summed E-state index contributed by atoms with van der Waals surface area (Å²) < 4.78 is 7.48. The van der Waals surface area contributed by atoms with Gasteiger partial charge in [0.1, 0.15) is 5.60 Å². The number of likely N-dealkylation sites (tertiary alicyclic amines) is 1. The minimum atomic E-state index is -0.438. The van der Waals surface area contributed by atoms with Crippen molar-refractivity contribution in [3.63, 3.8) is 0 Å². The van der Waals surface area contributed by atoms with Crippen LogP contribution in [-0.4, -0.2) is 39.5 Å². The summed E-state index contributed by atoms with van der Waals surface area (Å²) in [4.78, 5) is 13.9. The molecule has 2 aliphatic rings. The molecule has 1 saturated carbocycles. The maximum absolute atomic E-state index is 12.1. The number of halogens is 1. The van der Waals surface area contributed by atoms with Gasteiger partial charge in [-0.25, -0.2) is 4.79 Å². The molecule has 2 heterocycles. The Balaban J connectivity index is 1.40. The highest BCUT2D eigenvalue weighted by molar-refractivity contribution is 6.34. The van der Waals surface area contributed by atoms with E-state index in [1.807, 2.05) is 39.0 Å². The van der Waals surface area contributed by atoms with Crippen molar-refractivity contribution in [2.75, 3.05) is 13.1 Å². The van der Waals surface area contributed by atoms with Crippen molar-refractivity contribution < 1.29 is 9.53 Å². The topological polar surface area (TPSA) is 47.4 Å². The summed E-state index contributed by atoms with van der Waals surface area (Å²) in [6.45, 7) is 7.25. The molecule has 1 aromatic heterocycles. The maximum atomic E-state index is 12.1. The number of aromatic nitrogens is 2. The van der Waals surface area contributed by atoms with Crippen molar-refractivity contribution in [1.82, 2.24) is 14.7 Å². The minimum Gasteiger partial charge on any atom is -0.444 e. The predicted octanol–water partition coefficient (Wildman–Crippen LogP) is 4.26. The van der Waals surface area contributed by atoms with E-state index in [1.165, 1.54) is 0 Å². The minimum absolute atomic E-state index is 0.204. The van der Waals surface area contributed by atoms with Gasteiger partial charge in [-0.3, -0.25) is 4.68 Å². The zero-order valence-electron chi connectivity index (χ0n) is 14.3. The Morgan fingerprint density at radius 3 is 2.62 bits per heavy atom. The van der Waals surface area contributed by atoms with E-state index >= 15 is 0 Å². The molecule has 5 nitrogen and oxygen atoms in total. The van der Waals surface area contributed by atoms with Gasteiger partial charge in [0, 0.05) is 23.9 Å². The molecule has 0 N–H and O–H groups in total. The lowest BCUT2D eigenvalue weighted by molar-refractivity contribution is -0.0919. The van der Waals surface area contributed by atoms with Crippen LogP contribution in [0.3, 0.4) is 0 Å². The highest BCUT2D eigenvalue weighted by atomic mass is 35.5. The second-order valence-corrected chi connectivity index (χ2v) is 8.51. The SMILES string of the molecule is CC(C)(C)OC(=O)N1CC2(CC(n3nc(Cl)c4ccccc43)C2)C1. The Bertz CT molecular complexity index is 794. The summed E-state index contributed by atoms with van der Waals surface area (Å²) in [6.07, 6.45) is 1.87. The van der Waals surface area contributed by atoms with Gasteiger partial charge < -0.3 is 9.64 Å². The van der Waals surface area contributed by atoms with Gasteiger partial charge in [0.15, 0.2) is 5.15 Å². The summed E-state index contributed by atoms with van der Waals surface area (Å²) in [6, 6.07) is 8.42. The molecule has 0 unspecified atom stereocenters. The van der Waals surface area contributed by atoms with E-state index < -0.39 is 5.60 Å². The Labute approximate surface area is 146 Å². The summed E-state index contributed by atoms with van der Waals surface area (Å²) in [5.41, 5.74) is 0.888. The molecule has 6 heteroatoms. The molecule has 2 aromatic rings. The highest BCUT2D eigenvalue weighted by Gasteiger charge is 2.55. The van der Waals surface area contributed by atoms with Gasteiger partial charge in [0.05, 0.1) is 11.6 Å². The standard InChI is InChI=1S/C18H22ClN3O2/c1-17(2,3)24-16(23)21-10-18(11-21)8-12(9-18)22-14-7-5-4-6-13(14)15(19)20-22/h4-7,12H,8-11H2,1-3H3. The molecule has 4 rings (SSSR count). The van der Waals surface area contributed by atoms with Crippen LogP contribution in [0, 0.1) is 5.41 Å². The Kier molecular flexibility index (Phi) is 3.36. The zero-order chi connectivity index (χ0) is 17.1. The van der Waals surface area contributed by atoms with Gasteiger partial charge >= 0.3 is 6.09 Å². The lowest BCUT2D eigenvalue weighted by Crippen LogP contribution is -2.64. The molecule has 1 saturated heterocycles. The molecule has 128 valence electrons. The number of carbonyl (C=O) groups is 1. The van der Waals surface area contributed by atoms with Crippen LogP contribution in [0.1, 0.15) is 39.7 Å². The molecule has 1 aliphatic heterocycles. The quantitative estimate of drug-likeness (QED) is 0.774. The third-order valence-electron chi connectivity index (χ3n) is 4.96. The first-order chi connectivity index (χ1) is 11.3. The molecule has 0 bridgehead atoms. The van der Waals surface area contributed by atoms with E-state index in [0.717, 1.165) is 36.8 Å². The van der Waals surface area contributed by atoms with Gasteiger partial charge in [0.25, 0.3) is 0 Å². The molecular formula is C18H22ClN3O2. The van der Waals surface area contributed by atoms with Crippen molar-refractivity contribution in [2.24, 2.45) is 5.41 Å². The van der Waals surface area contributed by atoms with Crippen molar-refractivity contribution in [3.05, 3.63) is 29.4 Å². The van der Waals surface area contributed by atoms with E-state index in [4.69, 9.17) is 16.3 Å². The van der Waals surface area contributed by atoms with Crippen LogP contribution >= 0.6 is 11.6 Å². The third kappa shape index (κ3) is 2.55. The van der Waals surface area contributed by atoms with Gasteiger partial charge in [-0.1, -0.05) is 23.7 Å². The van der Waals surface area contributed by atoms with E-state index in [2.05, 4.69) is 15.8 Å². The van der Waals surface area contributed by atoms with Gasteiger partial charge in [-0.05, 0) is 45.7 Å². The van der Waals surface area contributed by atoms with Crippen molar-refractivity contribution in [1.29, 1.82) is 0 Å². The smallest absolute Gasteiger partial charge is 0.410 e. The van der Waals surface area contributed by atoms with Gasteiger partial charge in [-0.2, -0.15) is 5.10 Å². The number of fused-ring (bicyclic) bond motifs is 1. The van der Waals surface area contributed by atoms with Gasteiger partial charge in [0.2, 0.25) is 0 Å². The second-order valence-electron chi connectivity index (χ2n) is 8.15. The lowest BCUT2D eigenvalue weighted by Gasteiger charge is -2.58. The average Bonchev–Trinajstić information content (AvgIpc) is 2.72. The van der Waals surface area contributed by atoms with Crippen molar-refractivity contribution >= 4 is 28.6 Å². The Morgan fingerprint density at radius 1 is 1.29 bits per heavy atom. The van der Waals surface area contributed by atoms with Crippen LogP contribution in [0.5, 0.6) is 0 Å². The van der Waals surface area contributed by atoms with Gasteiger partial charge in [-0.15, -0.1) is 0 Å². The molecule has 24 heavy (non-hydrogen) atoms. The van der Waals surface area contributed by atoms with Crippen LogP contribution in [0.15, 0.2) is 24.3 Å². The third-order valence-corrected chi connectivity index (χ3v) is 5.24. The summed E-state index contributed by atoms with van der Waals surface area (Å²) in [5.74, 6) is 0. The summed E-state index contributed by atoms with van der Waals surface area (Å²) >= 11 is 6.25. The summed E-state index contributed by atoms with van der Waals surface area (Å²) in [5, 5.41) is 6.08. The van der Waals surface area contributed by atoms with Crippen molar-refractivity contribution in [2.45, 2.75) is 45.3 Å². The van der Waals surface area contributed by atoms with Crippen LogP contribution < -0.4 is 0 Å². The Morgan fingerprint density at radius 2 is 1.96 bits per heavy atom. The fourth-order valence-electron chi connectivity index (χ4n) is 3.92. The number of amides is 1. The number of ether oxygens (including phenoxy) is 1. The highest BCUT2D eigenvalue weighted by Crippen LogP contribution is 2.54. The fourth-order valence-corrected chi connectivity index (χ4v) is 4.16. The average molecular weight is 348 g/mol. The first-order valence-corrected chi connectivity index (χ1v) is 8.75. The van der Waals surface area contributed by atoms with Crippen LogP contribution in [-0.2, 0) is 4.74 Å². The van der Waals surface area contributed by atoms with Crippen molar-refractivity contribution in [3.8, 4) is 0 Å². The number of nitrogens with zero attached hydrogens (tertiary/aromatic N) is 3. The lowest BCUT2D eigenvalue weighted by atomic mass is 9.61. The second kappa shape index (κ2) is 5.12. The Hall–Kier alpha value is -1.75. The predicted molar refractivity (Wildman–Crippen MR) is 93.3 cm³/mol. The molecular weight excluding hydrogens is 326 g/mol. The molecule has 1 spiro atoms. The zero-order valence-corrected chi connectivity index (χ0v) is 15.0. The van der Waals surface area contributed by atoms with E-state index in [9.17, 15) is 4.79 Å². The van der Waals surface area contributed by atoms with Crippen LogP contribution in [0.4, 0.5) is 4.79 Å². The summed E-state index contributed by atoms with van der Waals surface area (Å²) in [7, 11) is 0. The molecule has 2 fully saturated rings. The number of carbonyl (C=O) groups excluding carboxylic acids is 1. The first-order valence-electron chi connectivity index (χ1n) is 8.37. The first kappa shape index (κ1) is 15.8. The van der Waals surface area contributed by atoms with Crippen LogP contribution in [0.2, 0.25) is 5.15 Å². The molecule has 1 aromatic carbocycles. The maximum Gasteiger partial charge on any atom is 0.410 e. The van der Waals surface area contributed by atoms with E-state index in [-0.39, 0.29) is 11.5 Å². The normalized spacial score (nSPS) is 20.1. The number of hydrogen-bond acceptors (Lipinski definition) is 3. The number of benzene rings is 1. The molecule has 0 atom stereocenters. The molecule has 1 amide bonds. The van der Waals surface area contributed by atoms with Crippen LogP contribution in [0.25, 0.3) is 10.9 Å². The largest absolute Gasteiger partial charge is 0.444 e. The number of para-hydroxylation sites is 1. The monoisotopic (exact) mass is 347 g/mol. The number of hydrogen-bond donors (Lipinski definition) is 0. The molecule has 0 radical (unpaired) electrons. The number of rotatable bonds is 1. The molecule has 1 aliphatic carbocycles. The van der Waals surface area contributed by atoms with E-state index in [1.54, 1.807) is 4.90 Å². The van der Waals surface area contributed by atoms with E-state index in [0.29, 0.717) is 11.2 Å². The fraction of sp³-hybridized carbons (Fsp3) is 0.556.